The van der Waals surface area contributed by atoms with Gasteiger partial charge in [0.2, 0.25) is 0 Å². The highest BCUT2D eigenvalue weighted by molar-refractivity contribution is 6.02. The molecule has 2 nitrogen and oxygen atoms in total. The lowest BCUT2D eigenvalue weighted by Gasteiger charge is -2.47. The topological polar surface area (TPSA) is 26.3 Å². The summed E-state index contributed by atoms with van der Waals surface area (Å²) in [6.45, 7) is 4.84. The molecule has 4 rings (SSSR count). The second-order valence-corrected chi connectivity index (χ2v) is 6.41. The molecule has 4 atom stereocenters. The summed E-state index contributed by atoms with van der Waals surface area (Å²) in [7, 11) is 0. The quantitative estimate of drug-likeness (QED) is 0.770. The molecule has 2 fully saturated rings. The first-order chi connectivity index (χ1) is 9.09. The van der Waals surface area contributed by atoms with Crippen LogP contribution in [0.15, 0.2) is 42.0 Å². The van der Waals surface area contributed by atoms with Crippen LogP contribution in [0.4, 0.5) is 0 Å². The number of ketones is 1. The molecule has 3 aliphatic rings. The maximum absolute atomic E-state index is 12.7. The van der Waals surface area contributed by atoms with Crippen LogP contribution in [0.2, 0.25) is 0 Å². The summed E-state index contributed by atoms with van der Waals surface area (Å²) in [6.07, 6.45) is 3.13. The molecule has 98 valence electrons. The van der Waals surface area contributed by atoms with Crippen LogP contribution in [-0.4, -0.2) is 12.4 Å². The van der Waals surface area contributed by atoms with Gasteiger partial charge in [-0.05, 0) is 37.3 Å². The number of carbonyl (C=O) groups excluding carboxylic acids is 1. The zero-order chi connectivity index (χ0) is 13.3. The fraction of sp³-hybridized carbons (Fsp3) is 0.471. The lowest BCUT2D eigenvalue weighted by atomic mass is 9.62. The van der Waals surface area contributed by atoms with E-state index in [0.29, 0.717) is 11.8 Å². The van der Waals surface area contributed by atoms with Crippen LogP contribution in [0.5, 0.6) is 0 Å². The van der Waals surface area contributed by atoms with E-state index in [4.69, 9.17) is 4.74 Å². The number of rotatable bonds is 1. The first-order valence-electron chi connectivity index (χ1n) is 7.02. The van der Waals surface area contributed by atoms with Crippen LogP contribution < -0.4 is 0 Å². The summed E-state index contributed by atoms with van der Waals surface area (Å²) in [5, 5.41) is 0. The van der Waals surface area contributed by atoms with Crippen molar-refractivity contribution in [1.82, 2.24) is 0 Å². The van der Waals surface area contributed by atoms with Gasteiger partial charge in [-0.3, -0.25) is 4.79 Å². The van der Waals surface area contributed by atoms with Crippen molar-refractivity contribution in [2.24, 2.45) is 17.3 Å². The molecule has 0 radical (unpaired) electrons. The number of ether oxygens (including phenoxy) is 1. The van der Waals surface area contributed by atoms with E-state index in [9.17, 15) is 4.79 Å². The highest BCUT2D eigenvalue weighted by Crippen LogP contribution is 2.68. The van der Waals surface area contributed by atoms with E-state index in [1.54, 1.807) is 0 Å². The summed E-state index contributed by atoms with van der Waals surface area (Å²) < 4.78 is 6.25. The predicted octanol–water partition coefficient (Wildman–Crippen LogP) is 3.08. The van der Waals surface area contributed by atoms with Gasteiger partial charge in [0.05, 0.1) is 12.0 Å². The molecule has 0 N–H and O–H groups in total. The summed E-state index contributed by atoms with van der Waals surface area (Å²) in [5.74, 6) is 1.12. The van der Waals surface area contributed by atoms with Crippen molar-refractivity contribution in [2.75, 3.05) is 6.61 Å². The minimum absolute atomic E-state index is 0.273. The number of carbonyl (C=O) groups is 1. The van der Waals surface area contributed by atoms with E-state index in [2.05, 4.69) is 25.1 Å². The monoisotopic (exact) mass is 254 g/mol. The Kier molecular flexibility index (Phi) is 2.03. The van der Waals surface area contributed by atoms with Crippen LogP contribution in [0.1, 0.15) is 25.8 Å². The number of benzene rings is 1. The van der Waals surface area contributed by atoms with Gasteiger partial charge in [0.25, 0.3) is 0 Å². The first-order valence-corrected chi connectivity index (χ1v) is 7.02. The van der Waals surface area contributed by atoms with Crippen LogP contribution in [0.3, 0.4) is 0 Å². The number of hydrogen-bond acceptors (Lipinski definition) is 2. The maximum Gasteiger partial charge on any atom is 0.167 e. The zero-order valence-electron chi connectivity index (χ0n) is 11.3. The Balaban J connectivity index is 2.00. The molecule has 19 heavy (non-hydrogen) atoms. The summed E-state index contributed by atoms with van der Waals surface area (Å²) in [4.78, 5) is 12.7. The molecular weight excluding hydrogens is 236 g/mol. The Labute approximate surface area is 113 Å². The summed E-state index contributed by atoms with van der Waals surface area (Å²) >= 11 is 0. The second-order valence-electron chi connectivity index (χ2n) is 6.41. The Hall–Kier alpha value is -1.41. The first kappa shape index (κ1) is 11.4. The number of allylic oxidation sites excluding steroid dienone is 1. The normalized spacial score (nSPS) is 43.5. The smallest absolute Gasteiger partial charge is 0.167 e. The van der Waals surface area contributed by atoms with Crippen molar-refractivity contribution >= 4 is 5.78 Å². The minimum atomic E-state index is -0.421. The van der Waals surface area contributed by atoms with Crippen LogP contribution >= 0.6 is 0 Å². The molecule has 1 heterocycles. The molecule has 1 aromatic rings. The molecule has 1 aliphatic heterocycles. The molecule has 0 aromatic heterocycles. The van der Waals surface area contributed by atoms with E-state index >= 15 is 0 Å². The van der Waals surface area contributed by atoms with Crippen molar-refractivity contribution in [2.45, 2.75) is 25.9 Å². The van der Waals surface area contributed by atoms with E-state index < -0.39 is 5.60 Å². The predicted molar refractivity (Wildman–Crippen MR) is 72.5 cm³/mol. The third-order valence-electron chi connectivity index (χ3n) is 5.48. The summed E-state index contributed by atoms with van der Waals surface area (Å²) in [5.41, 5.74) is 1.28. The molecule has 1 saturated carbocycles. The standard InChI is InChI=1S/C17H18O2/c1-11-8-14-12-9-16(2,15(11)18)17(14,19-10-12)13-6-4-3-5-7-13/h3-8,12,14H,9-10H2,1-2H3/t12-,14-,16-,17+/m0/s1. The Morgan fingerprint density at radius 1 is 1.26 bits per heavy atom. The molecular formula is C17H18O2. The Morgan fingerprint density at radius 2 is 2.00 bits per heavy atom. The number of hydrogen-bond donors (Lipinski definition) is 0. The van der Waals surface area contributed by atoms with Gasteiger partial charge in [-0.2, -0.15) is 0 Å². The highest BCUT2D eigenvalue weighted by atomic mass is 16.5. The minimum Gasteiger partial charge on any atom is -0.368 e. The molecule has 4 bridgehead atoms. The highest BCUT2D eigenvalue weighted by Gasteiger charge is 2.71. The SMILES string of the molecule is CC1=C[C@H]2[C@@H]3CO[C@@]2(c2ccccc2)[C@@](C)(C3)C1=O. The number of Topliss-reactive ketones (excluding diaryl/α,β-unsaturated/α-hetero) is 1. The molecule has 1 saturated heterocycles. The average molecular weight is 254 g/mol. The van der Waals surface area contributed by atoms with Crippen molar-refractivity contribution in [3.8, 4) is 0 Å². The van der Waals surface area contributed by atoms with Crippen molar-refractivity contribution < 1.29 is 9.53 Å². The molecule has 0 unspecified atom stereocenters. The largest absolute Gasteiger partial charge is 0.368 e. The van der Waals surface area contributed by atoms with Gasteiger partial charge in [-0.1, -0.05) is 36.4 Å². The van der Waals surface area contributed by atoms with Crippen LogP contribution in [-0.2, 0) is 15.1 Å². The molecule has 0 spiro atoms. The summed E-state index contributed by atoms with van der Waals surface area (Å²) in [6, 6.07) is 10.3. The van der Waals surface area contributed by atoms with Crippen molar-refractivity contribution in [1.29, 1.82) is 0 Å². The van der Waals surface area contributed by atoms with Crippen molar-refractivity contribution in [3.05, 3.63) is 47.5 Å². The van der Waals surface area contributed by atoms with Gasteiger partial charge in [-0.25, -0.2) is 0 Å². The Morgan fingerprint density at radius 3 is 2.74 bits per heavy atom. The lowest BCUT2D eigenvalue weighted by molar-refractivity contribution is -0.157. The molecule has 0 amide bonds. The van der Waals surface area contributed by atoms with E-state index in [0.717, 1.165) is 18.6 Å². The van der Waals surface area contributed by atoms with Crippen LogP contribution in [0.25, 0.3) is 0 Å². The lowest BCUT2D eigenvalue weighted by Crippen LogP contribution is -2.51. The zero-order valence-corrected chi connectivity index (χ0v) is 11.3. The third kappa shape index (κ3) is 1.10. The van der Waals surface area contributed by atoms with Crippen molar-refractivity contribution in [3.63, 3.8) is 0 Å². The van der Waals surface area contributed by atoms with E-state index in [1.165, 1.54) is 5.56 Å². The van der Waals surface area contributed by atoms with E-state index in [-0.39, 0.29) is 11.2 Å². The fourth-order valence-electron chi connectivity index (χ4n) is 4.73. The second kappa shape index (κ2) is 3.37. The van der Waals surface area contributed by atoms with Gasteiger partial charge in [-0.15, -0.1) is 0 Å². The van der Waals surface area contributed by atoms with Gasteiger partial charge in [0, 0.05) is 5.92 Å². The van der Waals surface area contributed by atoms with Gasteiger partial charge in [0.1, 0.15) is 5.60 Å². The van der Waals surface area contributed by atoms with Gasteiger partial charge in [0.15, 0.2) is 5.78 Å². The molecule has 2 aliphatic carbocycles. The van der Waals surface area contributed by atoms with Crippen LogP contribution in [0, 0.1) is 17.3 Å². The average Bonchev–Trinajstić information content (AvgIpc) is 2.86. The van der Waals surface area contributed by atoms with E-state index in [1.807, 2.05) is 25.1 Å². The van der Waals surface area contributed by atoms with Gasteiger partial charge < -0.3 is 4.74 Å². The fourth-order valence-corrected chi connectivity index (χ4v) is 4.73. The molecule has 2 heteroatoms. The maximum atomic E-state index is 12.7. The molecule has 1 aromatic carbocycles. The third-order valence-corrected chi connectivity index (χ3v) is 5.48. The van der Waals surface area contributed by atoms with Gasteiger partial charge >= 0.3 is 0 Å². The Bertz CT molecular complexity index is 589.